The van der Waals surface area contributed by atoms with E-state index in [1.165, 1.54) is 4.90 Å². The molecule has 0 saturated heterocycles. The quantitative estimate of drug-likeness (QED) is 0.482. The van der Waals surface area contributed by atoms with E-state index in [4.69, 9.17) is 8.42 Å². The molecule has 0 saturated carbocycles. The average molecular weight is 285 g/mol. The van der Waals surface area contributed by atoms with Crippen LogP contribution in [0.25, 0.3) is 0 Å². The van der Waals surface area contributed by atoms with E-state index in [1.54, 1.807) is 11.8 Å². The van der Waals surface area contributed by atoms with Crippen LogP contribution in [0.2, 0.25) is 0 Å². The Morgan fingerprint density at radius 1 is 1.27 bits per heavy atom. The Kier molecular flexibility index (Phi) is 7.96. The highest BCUT2D eigenvalue weighted by Crippen LogP contribution is 2.15. The van der Waals surface area contributed by atoms with Gasteiger partial charge in [0.2, 0.25) is 0 Å². The Hall–Kier alpha value is -0.160. The third-order valence-electron chi connectivity index (χ3n) is 1.11. The van der Waals surface area contributed by atoms with Crippen molar-refractivity contribution in [2.45, 2.75) is 4.90 Å². The molecule has 15 heavy (non-hydrogen) atoms. The van der Waals surface area contributed by atoms with Crippen LogP contribution in [-0.2, 0) is 8.26 Å². The van der Waals surface area contributed by atoms with Gasteiger partial charge in [0.1, 0.15) is 0 Å². The molecular formula is C9H10Cl2O2S2. The molecule has 0 heterocycles. The standard InChI is InChI=1S/C9H10S.Cl2O2S/c1-2-8-10-9-6-4-3-5-7-9;1-5(2,3)4/h2-7H,1,8H2;. The molecule has 0 radical (unpaired) electrons. The molecule has 0 aliphatic heterocycles. The second-order valence-electron chi connectivity index (χ2n) is 2.29. The highest BCUT2D eigenvalue weighted by molar-refractivity contribution is 8.31. The van der Waals surface area contributed by atoms with Crippen LogP contribution in [0, 0.1) is 0 Å². The summed E-state index contributed by atoms with van der Waals surface area (Å²) >= 11 is 1.80. The van der Waals surface area contributed by atoms with E-state index in [1.807, 2.05) is 24.3 Å². The lowest BCUT2D eigenvalue weighted by Crippen LogP contribution is -1.70. The van der Waals surface area contributed by atoms with E-state index in [9.17, 15) is 0 Å². The Bertz CT molecular complexity index is 368. The molecule has 0 bridgehead atoms. The van der Waals surface area contributed by atoms with Gasteiger partial charge in [-0.05, 0) is 12.1 Å². The third kappa shape index (κ3) is 13.8. The lowest BCUT2D eigenvalue weighted by atomic mass is 10.4. The van der Waals surface area contributed by atoms with E-state index >= 15 is 0 Å². The van der Waals surface area contributed by atoms with E-state index in [2.05, 4.69) is 40.1 Å². The highest BCUT2D eigenvalue weighted by atomic mass is 36.0. The molecule has 2 nitrogen and oxygen atoms in total. The monoisotopic (exact) mass is 284 g/mol. The zero-order valence-corrected chi connectivity index (χ0v) is 10.9. The third-order valence-corrected chi connectivity index (χ3v) is 2.12. The van der Waals surface area contributed by atoms with Gasteiger partial charge in [0.15, 0.2) is 0 Å². The summed E-state index contributed by atoms with van der Waals surface area (Å²) in [6, 6.07) is 10.3. The van der Waals surface area contributed by atoms with Crippen LogP contribution in [0.1, 0.15) is 0 Å². The number of benzene rings is 1. The van der Waals surface area contributed by atoms with Gasteiger partial charge in [-0.2, -0.15) is 8.42 Å². The van der Waals surface area contributed by atoms with Gasteiger partial charge in [-0.25, -0.2) is 0 Å². The van der Waals surface area contributed by atoms with Gasteiger partial charge < -0.3 is 0 Å². The fourth-order valence-electron chi connectivity index (χ4n) is 0.672. The van der Waals surface area contributed by atoms with E-state index in [-0.39, 0.29) is 0 Å². The fourth-order valence-corrected chi connectivity index (χ4v) is 1.33. The van der Waals surface area contributed by atoms with Gasteiger partial charge >= 0.3 is 8.26 Å². The number of rotatable bonds is 3. The Balaban J connectivity index is 0.000000336. The van der Waals surface area contributed by atoms with Gasteiger partial charge in [-0.3, -0.25) is 0 Å². The van der Waals surface area contributed by atoms with Crippen molar-refractivity contribution < 1.29 is 8.42 Å². The number of hydrogen-bond acceptors (Lipinski definition) is 3. The fraction of sp³-hybridized carbons (Fsp3) is 0.111. The first-order valence-electron chi connectivity index (χ1n) is 3.86. The van der Waals surface area contributed by atoms with Crippen LogP contribution in [0.3, 0.4) is 0 Å². The molecule has 0 fully saturated rings. The molecule has 0 spiro atoms. The lowest BCUT2D eigenvalue weighted by molar-refractivity contribution is 0.621. The Labute approximate surface area is 103 Å². The van der Waals surface area contributed by atoms with Crippen molar-refractivity contribution in [2.24, 2.45) is 0 Å². The van der Waals surface area contributed by atoms with Crippen molar-refractivity contribution in [3.05, 3.63) is 43.0 Å². The van der Waals surface area contributed by atoms with Crippen LogP contribution < -0.4 is 0 Å². The van der Waals surface area contributed by atoms with Gasteiger partial charge in [0.05, 0.1) is 0 Å². The molecule has 0 atom stereocenters. The summed E-state index contributed by atoms with van der Waals surface area (Å²) < 4.78 is 18.3. The van der Waals surface area contributed by atoms with Crippen LogP contribution in [-0.4, -0.2) is 14.2 Å². The molecule has 0 N–H and O–H groups in total. The molecule has 0 aliphatic carbocycles. The zero-order chi connectivity index (χ0) is 11.7. The molecular weight excluding hydrogens is 275 g/mol. The largest absolute Gasteiger partial charge is 0.317 e. The highest BCUT2D eigenvalue weighted by Gasteiger charge is 1.88. The van der Waals surface area contributed by atoms with Crippen molar-refractivity contribution in [1.29, 1.82) is 0 Å². The van der Waals surface area contributed by atoms with E-state index < -0.39 is 8.26 Å². The molecule has 0 amide bonds. The molecule has 0 unspecified atom stereocenters. The van der Waals surface area contributed by atoms with Crippen LogP contribution in [0.15, 0.2) is 47.9 Å². The van der Waals surface area contributed by atoms with Crippen molar-refractivity contribution in [1.82, 2.24) is 0 Å². The van der Waals surface area contributed by atoms with Gasteiger partial charge in [-0.15, -0.1) is 18.3 Å². The Morgan fingerprint density at radius 3 is 2.13 bits per heavy atom. The first kappa shape index (κ1) is 14.8. The molecule has 1 aromatic carbocycles. The normalized spacial score (nSPS) is 10.0. The molecule has 1 aromatic rings. The van der Waals surface area contributed by atoms with Crippen LogP contribution >= 0.6 is 33.1 Å². The van der Waals surface area contributed by atoms with Gasteiger partial charge in [0.25, 0.3) is 0 Å². The van der Waals surface area contributed by atoms with Crippen LogP contribution in [0.4, 0.5) is 0 Å². The number of halogens is 2. The summed E-state index contributed by atoms with van der Waals surface area (Å²) in [5.74, 6) is 0.990. The average Bonchev–Trinajstić information content (AvgIpc) is 2.14. The summed E-state index contributed by atoms with van der Waals surface area (Å²) in [6.45, 7) is 3.65. The van der Waals surface area contributed by atoms with E-state index in [0.717, 1.165) is 5.75 Å². The zero-order valence-electron chi connectivity index (χ0n) is 7.77. The minimum atomic E-state index is -3.72. The first-order valence-corrected chi connectivity index (χ1v) is 7.98. The summed E-state index contributed by atoms with van der Waals surface area (Å²) in [5, 5.41) is 0. The topological polar surface area (TPSA) is 34.1 Å². The van der Waals surface area contributed by atoms with Crippen molar-refractivity contribution >= 4 is 41.4 Å². The SMILES string of the molecule is C=CCSc1ccccc1.O=S(=O)(Cl)Cl. The minimum Gasteiger partial charge on any atom is -0.195 e. The summed E-state index contributed by atoms with van der Waals surface area (Å²) in [7, 11) is 4.81. The maximum atomic E-state index is 9.16. The van der Waals surface area contributed by atoms with Gasteiger partial charge in [0, 0.05) is 32.0 Å². The van der Waals surface area contributed by atoms with Crippen molar-refractivity contribution in [2.75, 3.05) is 5.75 Å². The minimum absolute atomic E-state index is 0.990. The maximum absolute atomic E-state index is 9.16. The second kappa shape index (κ2) is 8.05. The van der Waals surface area contributed by atoms with Gasteiger partial charge in [-0.1, -0.05) is 24.3 Å². The Morgan fingerprint density at radius 2 is 1.73 bits per heavy atom. The molecule has 6 heteroatoms. The molecule has 84 valence electrons. The predicted molar refractivity (Wildman–Crippen MR) is 68.0 cm³/mol. The van der Waals surface area contributed by atoms with Crippen molar-refractivity contribution in [3.8, 4) is 0 Å². The van der Waals surface area contributed by atoms with Crippen LogP contribution in [0.5, 0.6) is 0 Å². The predicted octanol–water partition coefficient (Wildman–Crippen LogP) is 3.67. The summed E-state index contributed by atoms with van der Waals surface area (Å²) in [5.41, 5.74) is 0. The molecule has 0 aliphatic rings. The summed E-state index contributed by atoms with van der Waals surface area (Å²) in [6.07, 6.45) is 1.91. The van der Waals surface area contributed by atoms with E-state index in [0.29, 0.717) is 0 Å². The molecule has 1 rings (SSSR count). The number of hydrogen-bond donors (Lipinski definition) is 0. The smallest absolute Gasteiger partial charge is 0.195 e. The van der Waals surface area contributed by atoms with Crippen molar-refractivity contribution in [3.63, 3.8) is 0 Å². The number of thioether (sulfide) groups is 1. The molecule has 0 aromatic heterocycles. The second-order valence-corrected chi connectivity index (χ2v) is 7.05. The first-order chi connectivity index (χ1) is 6.93. The lowest BCUT2D eigenvalue weighted by Gasteiger charge is -1.94. The maximum Gasteiger partial charge on any atom is 0.317 e. The summed E-state index contributed by atoms with van der Waals surface area (Å²) in [4.78, 5) is 1.31.